The average Bonchev–Trinajstić information content (AvgIpc) is 2.69. The number of rotatable bonds is 5. The number of hydrogen-bond donors (Lipinski definition) is 3. The van der Waals surface area contributed by atoms with Gasteiger partial charge in [0.25, 0.3) is 0 Å². The van der Waals surface area contributed by atoms with Crippen molar-refractivity contribution < 1.29 is 4.79 Å². The predicted molar refractivity (Wildman–Crippen MR) is 65.3 cm³/mol. The number of aromatic amines is 1. The lowest BCUT2D eigenvalue weighted by Crippen LogP contribution is -2.36. The topological polar surface area (TPSA) is 44.9 Å². The second kappa shape index (κ2) is 5.26. The Morgan fingerprint density at radius 3 is 2.87 bits per heavy atom. The molecule has 3 nitrogen and oxygen atoms in total. The molecule has 0 unspecified atom stereocenters. The van der Waals surface area contributed by atoms with Crippen molar-refractivity contribution in [2.24, 2.45) is 0 Å². The molecule has 0 aliphatic rings. The number of hydrogen-bond acceptors (Lipinski definition) is 2. The van der Waals surface area contributed by atoms with E-state index in [9.17, 15) is 4.79 Å². The summed E-state index contributed by atoms with van der Waals surface area (Å²) in [6.45, 7) is 4.87. The van der Waals surface area contributed by atoms with Crippen LogP contribution in [0.5, 0.6) is 0 Å². The van der Waals surface area contributed by atoms with Crippen molar-refractivity contribution in [1.82, 2.24) is 10.3 Å². The predicted octanol–water partition coefficient (Wildman–Crippen LogP) is 1.73. The van der Waals surface area contributed by atoms with Crippen LogP contribution in [-0.2, 0) is 10.2 Å². The maximum absolute atomic E-state index is 11.3. The molecule has 1 aromatic heterocycles. The number of carbonyl (C=O) groups is 1. The molecule has 0 bridgehead atoms. The number of H-pyrrole nitrogens is 1. The van der Waals surface area contributed by atoms with Gasteiger partial charge in [0.05, 0.1) is 0 Å². The molecular weight excluding hydrogens is 208 g/mol. The van der Waals surface area contributed by atoms with Gasteiger partial charge in [0.15, 0.2) is 0 Å². The van der Waals surface area contributed by atoms with Crippen LogP contribution >= 0.6 is 12.6 Å². The molecule has 1 heterocycles. The van der Waals surface area contributed by atoms with Crippen molar-refractivity contribution in [3.05, 3.63) is 24.0 Å². The fourth-order valence-corrected chi connectivity index (χ4v) is 1.56. The lowest BCUT2D eigenvalue weighted by atomic mass is 9.86. The molecule has 0 saturated carbocycles. The Bertz CT molecular complexity index is 306. The first-order valence-corrected chi connectivity index (χ1v) is 5.70. The van der Waals surface area contributed by atoms with E-state index in [2.05, 4.69) is 36.8 Å². The monoisotopic (exact) mass is 226 g/mol. The van der Waals surface area contributed by atoms with Crippen LogP contribution in [0, 0.1) is 0 Å². The molecule has 84 valence electrons. The number of aromatic nitrogens is 1. The highest BCUT2D eigenvalue weighted by atomic mass is 32.1. The first-order chi connectivity index (χ1) is 7.06. The number of thiol groups is 1. The highest BCUT2D eigenvalue weighted by molar-refractivity contribution is 7.80. The minimum Gasteiger partial charge on any atom is -0.367 e. The van der Waals surface area contributed by atoms with Gasteiger partial charge in [-0.3, -0.25) is 4.79 Å². The standard InChI is InChI=1S/C11H18N2OS/c1-11(2,9-3-5-12-7-9)8-13-10(14)4-6-15/h3,5,7,12,15H,4,6,8H2,1-2H3,(H,13,14). The van der Waals surface area contributed by atoms with Crippen LogP contribution in [0.15, 0.2) is 18.5 Å². The van der Waals surface area contributed by atoms with Gasteiger partial charge in [0.2, 0.25) is 5.91 Å². The van der Waals surface area contributed by atoms with E-state index in [0.717, 1.165) is 0 Å². The Hall–Kier alpha value is -0.900. The molecule has 4 heteroatoms. The Morgan fingerprint density at radius 1 is 1.60 bits per heavy atom. The van der Waals surface area contributed by atoms with Crippen LogP contribution in [0.4, 0.5) is 0 Å². The maximum Gasteiger partial charge on any atom is 0.220 e. The number of carbonyl (C=O) groups excluding carboxylic acids is 1. The summed E-state index contributed by atoms with van der Waals surface area (Å²) >= 11 is 4.02. The Kier molecular flexibility index (Phi) is 4.27. The van der Waals surface area contributed by atoms with Crippen LogP contribution in [0.1, 0.15) is 25.8 Å². The van der Waals surface area contributed by atoms with Gasteiger partial charge in [0.1, 0.15) is 0 Å². The Labute approximate surface area is 96.1 Å². The van der Waals surface area contributed by atoms with Crippen LogP contribution < -0.4 is 5.32 Å². The quantitative estimate of drug-likeness (QED) is 0.658. The van der Waals surface area contributed by atoms with E-state index in [-0.39, 0.29) is 11.3 Å². The zero-order valence-corrected chi connectivity index (χ0v) is 10.1. The first-order valence-electron chi connectivity index (χ1n) is 5.07. The molecule has 0 saturated heterocycles. The third-order valence-corrected chi connectivity index (χ3v) is 2.67. The molecule has 0 aliphatic heterocycles. The highest BCUT2D eigenvalue weighted by Crippen LogP contribution is 2.21. The summed E-state index contributed by atoms with van der Waals surface area (Å²) in [5.41, 5.74) is 1.17. The van der Waals surface area contributed by atoms with Crippen molar-refractivity contribution in [3.63, 3.8) is 0 Å². The van der Waals surface area contributed by atoms with Crippen LogP contribution in [0.3, 0.4) is 0 Å². The van der Waals surface area contributed by atoms with Crippen LogP contribution in [0.2, 0.25) is 0 Å². The molecular formula is C11H18N2OS. The van der Waals surface area contributed by atoms with Crippen molar-refractivity contribution in [1.29, 1.82) is 0 Å². The van der Waals surface area contributed by atoms with Gasteiger partial charge in [-0.05, 0) is 17.4 Å². The zero-order chi connectivity index (χ0) is 11.3. The van der Waals surface area contributed by atoms with Gasteiger partial charge in [-0.15, -0.1) is 0 Å². The third kappa shape index (κ3) is 3.63. The van der Waals surface area contributed by atoms with E-state index in [0.29, 0.717) is 18.7 Å². The highest BCUT2D eigenvalue weighted by Gasteiger charge is 2.21. The average molecular weight is 226 g/mol. The normalized spacial score (nSPS) is 11.4. The van der Waals surface area contributed by atoms with Crippen molar-refractivity contribution >= 4 is 18.5 Å². The summed E-state index contributed by atoms with van der Waals surface area (Å²) in [5, 5.41) is 2.91. The third-order valence-electron chi connectivity index (χ3n) is 2.45. The molecule has 2 N–H and O–H groups in total. The molecule has 0 fully saturated rings. The van der Waals surface area contributed by atoms with Crippen molar-refractivity contribution in [3.8, 4) is 0 Å². The minimum absolute atomic E-state index is 0.0355. The van der Waals surface area contributed by atoms with Crippen LogP contribution in [0.25, 0.3) is 0 Å². The van der Waals surface area contributed by atoms with E-state index in [4.69, 9.17) is 0 Å². The van der Waals surface area contributed by atoms with E-state index in [1.807, 2.05) is 18.5 Å². The van der Waals surface area contributed by atoms with Crippen molar-refractivity contribution in [2.45, 2.75) is 25.7 Å². The molecule has 0 atom stereocenters. The zero-order valence-electron chi connectivity index (χ0n) is 9.21. The molecule has 0 aliphatic carbocycles. The minimum atomic E-state index is -0.0355. The lowest BCUT2D eigenvalue weighted by molar-refractivity contribution is -0.120. The number of nitrogens with one attached hydrogen (secondary N) is 2. The summed E-state index contributed by atoms with van der Waals surface area (Å²) < 4.78 is 0. The molecule has 1 amide bonds. The van der Waals surface area contributed by atoms with Gasteiger partial charge in [-0.1, -0.05) is 13.8 Å². The second-order valence-electron chi connectivity index (χ2n) is 4.23. The smallest absolute Gasteiger partial charge is 0.220 e. The van der Waals surface area contributed by atoms with E-state index >= 15 is 0 Å². The maximum atomic E-state index is 11.3. The summed E-state index contributed by atoms with van der Waals surface area (Å²) in [4.78, 5) is 14.3. The second-order valence-corrected chi connectivity index (χ2v) is 4.68. The summed E-state index contributed by atoms with van der Waals surface area (Å²) in [6, 6.07) is 2.03. The molecule has 1 aromatic rings. The van der Waals surface area contributed by atoms with Crippen molar-refractivity contribution in [2.75, 3.05) is 12.3 Å². The largest absolute Gasteiger partial charge is 0.367 e. The summed E-state index contributed by atoms with van der Waals surface area (Å²) in [5.74, 6) is 0.657. The Balaban J connectivity index is 2.47. The Morgan fingerprint density at radius 2 is 2.33 bits per heavy atom. The molecule has 0 spiro atoms. The summed E-state index contributed by atoms with van der Waals surface area (Å²) in [7, 11) is 0. The first kappa shape index (κ1) is 12.2. The van der Waals surface area contributed by atoms with Gasteiger partial charge >= 0.3 is 0 Å². The molecule has 15 heavy (non-hydrogen) atoms. The van der Waals surface area contributed by atoms with Gasteiger partial charge in [-0.2, -0.15) is 12.6 Å². The fraction of sp³-hybridized carbons (Fsp3) is 0.545. The molecule has 1 rings (SSSR count). The van der Waals surface area contributed by atoms with E-state index < -0.39 is 0 Å². The molecule has 0 aromatic carbocycles. The van der Waals surface area contributed by atoms with Gasteiger partial charge < -0.3 is 10.3 Å². The fourth-order valence-electron chi connectivity index (χ4n) is 1.36. The van der Waals surface area contributed by atoms with Crippen LogP contribution in [-0.4, -0.2) is 23.2 Å². The lowest BCUT2D eigenvalue weighted by Gasteiger charge is -2.24. The SMILES string of the molecule is CC(C)(CNC(=O)CCS)c1cc[nH]c1. The van der Waals surface area contributed by atoms with Gasteiger partial charge in [0, 0.05) is 30.8 Å². The molecule has 0 radical (unpaired) electrons. The van der Waals surface area contributed by atoms with E-state index in [1.165, 1.54) is 5.56 Å². The van der Waals surface area contributed by atoms with Gasteiger partial charge in [-0.25, -0.2) is 0 Å². The summed E-state index contributed by atoms with van der Waals surface area (Å²) in [6.07, 6.45) is 4.34. The van der Waals surface area contributed by atoms with E-state index in [1.54, 1.807) is 0 Å². The number of amides is 1.